The highest BCUT2D eigenvalue weighted by Gasteiger charge is 2.30. The number of piperidine rings is 1. The maximum Gasteiger partial charge on any atom is 0.417 e. The zero-order valence-electron chi connectivity index (χ0n) is 10.5. The fourth-order valence-corrected chi connectivity index (χ4v) is 3.09. The Labute approximate surface area is 115 Å². The van der Waals surface area contributed by atoms with E-state index in [4.69, 9.17) is 0 Å². The molecular formula is C13H17F3N2S. The lowest BCUT2D eigenvalue weighted by molar-refractivity contribution is -0.137. The lowest BCUT2D eigenvalue weighted by atomic mass is 9.96. The lowest BCUT2D eigenvalue weighted by Gasteiger charge is -2.22. The fraction of sp³-hybridized carbons (Fsp3) is 0.615. The number of pyridine rings is 1. The van der Waals surface area contributed by atoms with Gasteiger partial charge in [-0.05, 0) is 56.2 Å². The van der Waals surface area contributed by atoms with E-state index < -0.39 is 11.7 Å². The van der Waals surface area contributed by atoms with E-state index in [9.17, 15) is 13.2 Å². The predicted octanol–water partition coefficient (Wildman–Crippen LogP) is 3.58. The van der Waals surface area contributed by atoms with Crippen LogP contribution < -0.4 is 5.32 Å². The van der Waals surface area contributed by atoms with Crippen molar-refractivity contribution >= 4 is 11.8 Å². The molecule has 1 fully saturated rings. The van der Waals surface area contributed by atoms with Crippen molar-refractivity contribution in [2.45, 2.75) is 30.5 Å². The Bertz CT molecular complexity index is 386. The molecule has 19 heavy (non-hydrogen) atoms. The molecule has 1 aliphatic rings. The summed E-state index contributed by atoms with van der Waals surface area (Å²) in [5.41, 5.74) is -0.685. The Morgan fingerprint density at radius 1 is 1.26 bits per heavy atom. The molecule has 0 unspecified atom stereocenters. The monoisotopic (exact) mass is 290 g/mol. The summed E-state index contributed by atoms with van der Waals surface area (Å²) >= 11 is 1.53. The molecule has 0 spiro atoms. The quantitative estimate of drug-likeness (QED) is 0.858. The van der Waals surface area contributed by atoms with Crippen molar-refractivity contribution in [1.29, 1.82) is 0 Å². The standard InChI is InChI=1S/C13H17F3N2S/c14-13(15,16)11-1-2-12(18-9-11)19-8-5-10-3-6-17-7-4-10/h1-2,9-10,17H,3-8H2. The minimum absolute atomic E-state index is 0.668. The van der Waals surface area contributed by atoms with Crippen LogP contribution in [0.5, 0.6) is 0 Å². The Morgan fingerprint density at radius 3 is 2.58 bits per heavy atom. The summed E-state index contributed by atoms with van der Waals surface area (Å²) in [7, 11) is 0. The van der Waals surface area contributed by atoms with Gasteiger partial charge in [0, 0.05) is 6.20 Å². The number of rotatable bonds is 4. The highest BCUT2D eigenvalue weighted by Crippen LogP contribution is 2.30. The van der Waals surface area contributed by atoms with Gasteiger partial charge < -0.3 is 5.32 Å². The van der Waals surface area contributed by atoms with Gasteiger partial charge >= 0.3 is 6.18 Å². The average molecular weight is 290 g/mol. The first-order valence-corrected chi connectivity index (χ1v) is 7.41. The molecule has 2 rings (SSSR count). The van der Waals surface area contributed by atoms with Gasteiger partial charge in [0.2, 0.25) is 0 Å². The summed E-state index contributed by atoms with van der Waals surface area (Å²) < 4.78 is 37.1. The Balaban J connectivity index is 1.76. The number of nitrogens with one attached hydrogen (secondary N) is 1. The van der Waals surface area contributed by atoms with E-state index >= 15 is 0 Å². The number of hydrogen-bond donors (Lipinski definition) is 1. The number of thioether (sulfide) groups is 1. The van der Waals surface area contributed by atoms with Crippen LogP contribution in [0.4, 0.5) is 13.2 Å². The molecule has 0 bridgehead atoms. The van der Waals surface area contributed by atoms with E-state index in [2.05, 4.69) is 10.3 Å². The zero-order chi connectivity index (χ0) is 13.7. The van der Waals surface area contributed by atoms with Gasteiger partial charge in [0.15, 0.2) is 0 Å². The number of alkyl halides is 3. The van der Waals surface area contributed by atoms with Crippen molar-refractivity contribution in [3.8, 4) is 0 Å². The van der Waals surface area contributed by atoms with Gasteiger partial charge in [0.05, 0.1) is 10.6 Å². The molecule has 0 aromatic carbocycles. The third kappa shape index (κ3) is 4.69. The van der Waals surface area contributed by atoms with Crippen LogP contribution in [0.25, 0.3) is 0 Å². The van der Waals surface area contributed by atoms with Crippen molar-refractivity contribution in [1.82, 2.24) is 10.3 Å². The van der Waals surface area contributed by atoms with Crippen LogP contribution in [0.1, 0.15) is 24.8 Å². The summed E-state index contributed by atoms with van der Waals surface area (Å²) in [5, 5.41) is 3.99. The molecule has 0 aliphatic carbocycles. The highest BCUT2D eigenvalue weighted by atomic mass is 32.2. The first-order chi connectivity index (χ1) is 9.05. The van der Waals surface area contributed by atoms with Crippen molar-refractivity contribution in [3.63, 3.8) is 0 Å². The Morgan fingerprint density at radius 2 is 2.00 bits per heavy atom. The molecule has 1 aliphatic heterocycles. The maximum atomic E-state index is 12.4. The number of aromatic nitrogens is 1. The van der Waals surface area contributed by atoms with E-state index in [0.29, 0.717) is 5.03 Å². The maximum absolute atomic E-state index is 12.4. The van der Waals surface area contributed by atoms with Crippen LogP contribution >= 0.6 is 11.8 Å². The predicted molar refractivity (Wildman–Crippen MR) is 70.2 cm³/mol. The third-order valence-electron chi connectivity index (χ3n) is 3.30. The Hall–Kier alpha value is -0.750. The van der Waals surface area contributed by atoms with Crippen molar-refractivity contribution in [3.05, 3.63) is 23.9 Å². The van der Waals surface area contributed by atoms with E-state index in [1.807, 2.05) is 0 Å². The van der Waals surface area contributed by atoms with Gasteiger partial charge in [-0.1, -0.05) is 0 Å². The van der Waals surface area contributed by atoms with Crippen molar-refractivity contribution in [2.75, 3.05) is 18.8 Å². The van der Waals surface area contributed by atoms with Crippen LogP contribution in [0.3, 0.4) is 0 Å². The summed E-state index contributed by atoms with van der Waals surface area (Å²) in [4.78, 5) is 3.86. The molecular weight excluding hydrogens is 273 g/mol. The van der Waals surface area contributed by atoms with Crippen LogP contribution in [0, 0.1) is 5.92 Å². The van der Waals surface area contributed by atoms with Crippen molar-refractivity contribution in [2.24, 2.45) is 5.92 Å². The summed E-state index contributed by atoms with van der Waals surface area (Å²) in [6, 6.07) is 2.55. The molecule has 0 saturated carbocycles. The van der Waals surface area contributed by atoms with Crippen LogP contribution in [-0.4, -0.2) is 23.8 Å². The van der Waals surface area contributed by atoms with Crippen LogP contribution in [0.2, 0.25) is 0 Å². The largest absolute Gasteiger partial charge is 0.417 e. The van der Waals surface area contributed by atoms with E-state index in [1.165, 1.54) is 30.7 Å². The molecule has 1 aromatic heterocycles. The van der Waals surface area contributed by atoms with Gasteiger partial charge in [0.25, 0.3) is 0 Å². The topological polar surface area (TPSA) is 24.9 Å². The SMILES string of the molecule is FC(F)(F)c1ccc(SCCC2CCNCC2)nc1. The van der Waals surface area contributed by atoms with Gasteiger partial charge in [-0.15, -0.1) is 11.8 Å². The van der Waals surface area contributed by atoms with Gasteiger partial charge in [-0.25, -0.2) is 4.98 Å². The van der Waals surface area contributed by atoms with Crippen LogP contribution in [-0.2, 0) is 6.18 Å². The van der Waals surface area contributed by atoms with E-state index in [-0.39, 0.29) is 0 Å². The van der Waals surface area contributed by atoms with Gasteiger partial charge in [-0.2, -0.15) is 13.2 Å². The summed E-state index contributed by atoms with van der Waals surface area (Å²) in [6.45, 7) is 2.15. The molecule has 1 N–H and O–H groups in total. The first-order valence-electron chi connectivity index (χ1n) is 6.42. The van der Waals surface area contributed by atoms with Crippen LogP contribution in [0.15, 0.2) is 23.4 Å². The second-order valence-electron chi connectivity index (χ2n) is 4.71. The molecule has 0 radical (unpaired) electrons. The molecule has 2 heterocycles. The number of halogens is 3. The second-order valence-corrected chi connectivity index (χ2v) is 5.83. The second kappa shape index (κ2) is 6.61. The molecule has 0 atom stereocenters. The normalized spacial score (nSPS) is 17.6. The molecule has 106 valence electrons. The highest BCUT2D eigenvalue weighted by molar-refractivity contribution is 7.99. The Kier molecular flexibility index (Phi) is 5.10. The van der Waals surface area contributed by atoms with E-state index in [1.54, 1.807) is 0 Å². The smallest absolute Gasteiger partial charge is 0.317 e. The van der Waals surface area contributed by atoms with Gasteiger partial charge in [0.1, 0.15) is 0 Å². The number of nitrogens with zero attached hydrogens (tertiary/aromatic N) is 1. The third-order valence-corrected chi connectivity index (χ3v) is 4.28. The average Bonchev–Trinajstić information content (AvgIpc) is 2.39. The number of hydrogen-bond acceptors (Lipinski definition) is 3. The molecule has 0 amide bonds. The van der Waals surface area contributed by atoms with Gasteiger partial charge in [-0.3, -0.25) is 0 Å². The fourth-order valence-electron chi connectivity index (χ4n) is 2.13. The van der Waals surface area contributed by atoms with Crippen molar-refractivity contribution < 1.29 is 13.2 Å². The molecule has 1 saturated heterocycles. The molecule has 2 nitrogen and oxygen atoms in total. The minimum Gasteiger partial charge on any atom is -0.317 e. The summed E-state index contributed by atoms with van der Waals surface area (Å²) in [5.74, 6) is 1.66. The molecule has 1 aromatic rings. The van der Waals surface area contributed by atoms with E-state index in [0.717, 1.165) is 43.4 Å². The zero-order valence-corrected chi connectivity index (χ0v) is 11.4. The summed E-state index contributed by atoms with van der Waals surface area (Å²) in [6.07, 6.45) is 0.106. The minimum atomic E-state index is -4.30. The first kappa shape index (κ1) is 14.7. The lowest BCUT2D eigenvalue weighted by Crippen LogP contribution is -2.27. The molecule has 6 heteroatoms.